The van der Waals surface area contributed by atoms with E-state index in [0.29, 0.717) is 10.7 Å². The summed E-state index contributed by atoms with van der Waals surface area (Å²) in [6.07, 6.45) is 4.40. The van der Waals surface area contributed by atoms with Gasteiger partial charge in [-0.2, -0.15) is 0 Å². The molecule has 0 aliphatic heterocycles. The van der Waals surface area contributed by atoms with Crippen LogP contribution in [0.15, 0.2) is 18.2 Å². The van der Waals surface area contributed by atoms with Gasteiger partial charge in [0.25, 0.3) is 0 Å². The monoisotopic (exact) mass is 307 g/mol. The van der Waals surface area contributed by atoms with E-state index >= 15 is 0 Å². The molecule has 0 aromatic heterocycles. The standard InChI is InChI=1S/C15H21N3O2S/c1-20-11-6-7-12(15(17)21)13(8-11)18(9-14(16)19)10-4-2-3-5-10/h6-8,10H,2-5,9H2,1H3,(H2,16,19)(H2,17,21). The van der Waals surface area contributed by atoms with Gasteiger partial charge in [0.2, 0.25) is 5.91 Å². The largest absolute Gasteiger partial charge is 0.497 e. The number of carbonyl (C=O) groups excluding carboxylic acids is 1. The maximum absolute atomic E-state index is 11.5. The molecule has 0 bridgehead atoms. The zero-order valence-corrected chi connectivity index (χ0v) is 13.0. The van der Waals surface area contributed by atoms with Crippen molar-refractivity contribution in [2.24, 2.45) is 11.5 Å². The quantitative estimate of drug-likeness (QED) is 0.780. The van der Waals surface area contributed by atoms with Crippen molar-refractivity contribution in [3.05, 3.63) is 23.8 Å². The van der Waals surface area contributed by atoms with Crippen LogP contribution >= 0.6 is 12.2 Å². The zero-order valence-electron chi connectivity index (χ0n) is 12.2. The van der Waals surface area contributed by atoms with Gasteiger partial charge in [-0.15, -0.1) is 0 Å². The highest BCUT2D eigenvalue weighted by atomic mass is 32.1. The molecule has 2 rings (SSSR count). The van der Waals surface area contributed by atoms with Crippen LogP contribution in [0, 0.1) is 0 Å². The Hall–Kier alpha value is -1.82. The SMILES string of the molecule is COc1ccc(C(N)=S)c(N(CC(N)=O)C2CCCC2)c1. The molecule has 1 fully saturated rings. The van der Waals surface area contributed by atoms with Crippen molar-refractivity contribution in [2.75, 3.05) is 18.6 Å². The van der Waals surface area contributed by atoms with E-state index in [1.165, 1.54) is 0 Å². The van der Waals surface area contributed by atoms with Crippen molar-refractivity contribution in [1.82, 2.24) is 0 Å². The van der Waals surface area contributed by atoms with Gasteiger partial charge < -0.3 is 21.1 Å². The van der Waals surface area contributed by atoms with Gasteiger partial charge in [-0.25, -0.2) is 0 Å². The molecule has 0 atom stereocenters. The number of anilines is 1. The topological polar surface area (TPSA) is 81.6 Å². The van der Waals surface area contributed by atoms with Crippen LogP contribution < -0.4 is 21.1 Å². The Balaban J connectivity index is 2.45. The molecule has 5 nitrogen and oxygen atoms in total. The number of primary amides is 1. The van der Waals surface area contributed by atoms with Gasteiger partial charge in [-0.1, -0.05) is 25.1 Å². The lowest BCUT2D eigenvalue weighted by molar-refractivity contribution is -0.116. The van der Waals surface area contributed by atoms with E-state index < -0.39 is 0 Å². The third kappa shape index (κ3) is 3.64. The summed E-state index contributed by atoms with van der Waals surface area (Å²) in [5.74, 6) is 0.344. The third-order valence-electron chi connectivity index (χ3n) is 3.87. The molecule has 1 aromatic rings. The van der Waals surface area contributed by atoms with Gasteiger partial charge in [0, 0.05) is 17.7 Å². The Morgan fingerprint density at radius 2 is 2.05 bits per heavy atom. The Labute approximate surface area is 130 Å². The molecule has 4 N–H and O–H groups in total. The number of hydrogen-bond acceptors (Lipinski definition) is 4. The summed E-state index contributed by atoms with van der Waals surface area (Å²) in [7, 11) is 1.60. The highest BCUT2D eigenvalue weighted by molar-refractivity contribution is 7.80. The number of amides is 1. The summed E-state index contributed by atoms with van der Waals surface area (Å²) < 4.78 is 5.28. The minimum atomic E-state index is -0.362. The lowest BCUT2D eigenvalue weighted by Crippen LogP contribution is -2.41. The highest BCUT2D eigenvalue weighted by Crippen LogP contribution is 2.32. The molecule has 21 heavy (non-hydrogen) atoms. The fraction of sp³-hybridized carbons (Fsp3) is 0.467. The number of rotatable bonds is 6. The number of nitrogens with zero attached hydrogens (tertiary/aromatic N) is 1. The van der Waals surface area contributed by atoms with Crippen molar-refractivity contribution < 1.29 is 9.53 Å². The maximum atomic E-state index is 11.5. The van der Waals surface area contributed by atoms with E-state index in [4.69, 9.17) is 28.4 Å². The number of hydrogen-bond donors (Lipinski definition) is 2. The van der Waals surface area contributed by atoms with Crippen molar-refractivity contribution in [1.29, 1.82) is 0 Å². The highest BCUT2D eigenvalue weighted by Gasteiger charge is 2.26. The minimum Gasteiger partial charge on any atom is -0.497 e. The van der Waals surface area contributed by atoms with Crippen LogP contribution in [-0.2, 0) is 4.79 Å². The Bertz CT molecular complexity index is 542. The first-order chi connectivity index (χ1) is 10.0. The number of methoxy groups -OCH3 is 1. The van der Waals surface area contributed by atoms with Gasteiger partial charge in [0.15, 0.2) is 0 Å². The van der Waals surface area contributed by atoms with Crippen molar-refractivity contribution in [2.45, 2.75) is 31.7 Å². The van der Waals surface area contributed by atoms with E-state index in [0.717, 1.165) is 36.9 Å². The van der Waals surface area contributed by atoms with E-state index in [9.17, 15) is 4.79 Å². The molecular formula is C15H21N3O2S. The van der Waals surface area contributed by atoms with E-state index in [1.807, 2.05) is 23.1 Å². The molecule has 6 heteroatoms. The lowest BCUT2D eigenvalue weighted by atomic mass is 10.1. The first-order valence-electron chi connectivity index (χ1n) is 7.05. The molecule has 0 unspecified atom stereocenters. The second-order valence-corrected chi connectivity index (χ2v) is 5.72. The average Bonchev–Trinajstić information content (AvgIpc) is 2.97. The van der Waals surface area contributed by atoms with Gasteiger partial charge in [0.1, 0.15) is 10.7 Å². The van der Waals surface area contributed by atoms with Crippen molar-refractivity contribution in [3.63, 3.8) is 0 Å². The fourth-order valence-electron chi connectivity index (χ4n) is 2.88. The first-order valence-corrected chi connectivity index (χ1v) is 7.46. The van der Waals surface area contributed by atoms with Crippen LogP contribution in [0.1, 0.15) is 31.2 Å². The Morgan fingerprint density at radius 1 is 1.38 bits per heavy atom. The van der Waals surface area contributed by atoms with Gasteiger partial charge in [-0.05, 0) is 25.0 Å². The Kier molecular flexibility index (Phi) is 5.01. The molecule has 0 heterocycles. The minimum absolute atomic E-state index is 0.160. The number of benzene rings is 1. The predicted molar refractivity (Wildman–Crippen MR) is 87.7 cm³/mol. The predicted octanol–water partition coefficient (Wildman–Crippen LogP) is 1.56. The van der Waals surface area contributed by atoms with E-state index in [1.54, 1.807) is 7.11 Å². The van der Waals surface area contributed by atoms with Crippen molar-refractivity contribution >= 4 is 28.8 Å². The molecule has 1 aliphatic carbocycles. The zero-order chi connectivity index (χ0) is 15.4. The van der Waals surface area contributed by atoms with E-state index in [-0.39, 0.29) is 18.5 Å². The molecule has 1 aromatic carbocycles. The summed E-state index contributed by atoms with van der Waals surface area (Å²) in [4.78, 5) is 13.8. The number of nitrogens with two attached hydrogens (primary N) is 2. The smallest absolute Gasteiger partial charge is 0.236 e. The van der Waals surface area contributed by atoms with Crippen LogP contribution in [0.25, 0.3) is 0 Å². The van der Waals surface area contributed by atoms with E-state index in [2.05, 4.69) is 0 Å². The molecular weight excluding hydrogens is 286 g/mol. The second kappa shape index (κ2) is 6.76. The normalized spacial score (nSPS) is 14.9. The molecule has 0 spiro atoms. The summed E-state index contributed by atoms with van der Waals surface area (Å²) in [6, 6.07) is 5.81. The van der Waals surface area contributed by atoms with Gasteiger partial charge in [-0.3, -0.25) is 4.79 Å². The molecule has 1 aliphatic rings. The first kappa shape index (κ1) is 15.6. The summed E-state index contributed by atoms with van der Waals surface area (Å²) in [5.41, 5.74) is 12.8. The average molecular weight is 307 g/mol. The number of ether oxygens (including phenoxy) is 1. The lowest BCUT2D eigenvalue weighted by Gasteiger charge is -2.31. The Morgan fingerprint density at radius 3 is 2.57 bits per heavy atom. The van der Waals surface area contributed by atoms with Crippen LogP contribution in [0.4, 0.5) is 5.69 Å². The van der Waals surface area contributed by atoms with Gasteiger partial charge in [0.05, 0.1) is 19.3 Å². The second-order valence-electron chi connectivity index (χ2n) is 5.28. The fourth-order valence-corrected chi connectivity index (χ4v) is 3.05. The molecule has 0 radical (unpaired) electrons. The summed E-state index contributed by atoms with van der Waals surface area (Å²) in [5, 5.41) is 0. The molecule has 0 saturated heterocycles. The van der Waals surface area contributed by atoms with Crippen LogP contribution in [-0.4, -0.2) is 30.6 Å². The summed E-state index contributed by atoms with van der Waals surface area (Å²) in [6.45, 7) is 0.160. The summed E-state index contributed by atoms with van der Waals surface area (Å²) >= 11 is 5.13. The van der Waals surface area contributed by atoms with Crippen LogP contribution in [0.5, 0.6) is 5.75 Å². The van der Waals surface area contributed by atoms with Gasteiger partial charge >= 0.3 is 0 Å². The van der Waals surface area contributed by atoms with Crippen LogP contribution in [0.2, 0.25) is 0 Å². The number of carbonyl (C=O) groups is 1. The third-order valence-corrected chi connectivity index (χ3v) is 4.09. The molecule has 1 saturated carbocycles. The van der Waals surface area contributed by atoms with Crippen LogP contribution in [0.3, 0.4) is 0 Å². The molecule has 1 amide bonds. The number of thiocarbonyl (C=S) groups is 1. The maximum Gasteiger partial charge on any atom is 0.236 e. The van der Waals surface area contributed by atoms with Crippen molar-refractivity contribution in [3.8, 4) is 5.75 Å². The molecule has 114 valence electrons.